The number of halogens is 2. The Morgan fingerprint density at radius 2 is 2.27 bits per heavy atom. The van der Waals surface area contributed by atoms with Gasteiger partial charge in [0, 0.05) is 16.6 Å². The van der Waals surface area contributed by atoms with Crippen LogP contribution >= 0.6 is 11.6 Å². The quantitative estimate of drug-likeness (QED) is 0.614. The largest absolute Gasteiger partial charge is 0.271 e. The molecule has 1 saturated carbocycles. The van der Waals surface area contributed by atoms with Crippen molar-refractivity contribution in [3.8, 4) is 0 Å². The third-order valence-corrected chi connectivity index (χ3v) is 3.04. The van der Waals surface area contributed by atoms with Crippen LogP contribution in [0.2, 0.25) is 5.02 Å². The Kier molecular flexibility index (Phi) is 3.24. The summed E-state index contributed by atoms with van der Waals surface area (Å²) in [6.45, 7) is 0. The van der Waals surface area contributed by atoms with E-state index in [2.05, 4.69) is 5.43 Å². The van der Waals surface area contributed by atoms with Gasteiger partial charge in [-0.1, -0.05) is 30.5 Å². The van der Waals surface area contributed by atoms with Crippen LogP contribution in [-0.2, 0) is 0 Å². The second-order valence-electron chi connectivity index (χ2n) is 4.06. The fourth-order valence-corrected chi connectivity index (χ4v) is 1.91. The maximum absolute atomic E-state index is 13.6. The van der Waals surface area contributed by atoms with Crippen LogP contribution in [0.4, 0.5) is 4.39 Å². The van der Waals surface area contributed by atoms with Gasteiger partial charge in [0.25, 0.3) is 0 Å². The molecule has 1 aromatic rings. The first-order valence-electron chi connectivity index (χ1n) is 5.12. The van der Waals surface area contributed by atoms with E-state index in [0.717, 1.165) is 6.42 Å². The second-order valence-corrected chi connectivity index (χ2v) is 4.50. The molecule has 0 amide bonds. The van der Waals surface area contributed by atoms with E-state index in [-0.39, 0.29) is 11.9 Å². The maximum atomic E-state index is 13.6. The summed E-state index contributed by atoms with van der Waals surface area (Å²) in [5, 5.41) is 0.415. The number of hydrogen-bond acceptors (Lipinski definition) is 2. The summed E-state index contributed by atoms with van der Waals surface area (Å²) in [6, 6.07) is 4.62. The van der Waals surface area contributed by atoms with E-state index < -0.39 is 0 Å². The number of hydrazine groups is 1. The summed E-state index contributed by atoms with van der Waals surface area (Å²) in [5.74, 6) is 5.85. The van der Waals surface area contributed by atoms with Gasteiger partial charge in [-0.15, -0.1) is 0 Å². The molecule has 3 N–H and O–H groups in total. The number of nitrogens with one attached hydrogen (secondary N) is 1. The zero-order valence-electron chi connectivity index (χ0n) is 8.34. The first-order chi connectivity index (χ1) is 7.20. The van der Waals surface area contributed by atoms with Gasteiger partial charge < -0.3 is 0 Å². The molecule has 0 saturated heterocycles. The van der Waals surface area contributed by atoms with Crippen LogP contribution in [0.3, 0.4) is 0 Å². The van der Waals surface area contributed by atoms with Gasteiger partial charge in [-0.2, -0.15) is 0 Å². The molecule has 1 aliphatic rings. The van der Waals surface area contributed by atoms with Crippen molar-refractivity contribution in [2.24, 2.45) is 11.8 Å². The molecule has 1 unspecified atom stereocenters. The Hall–Kier alpha value is -0.640. The number of benzene rings is 1. The average Bonchev–Trinajstić information content (AvgIpc) is 2.99. The highest BCUT2D eigenvalue weighted by molar-refractivity contribution is 6.30. The molecule has 1 atom stereocenters. The Labute approximate surface area is 93.6 Å². The molecule has 1 aliphatic carbocycles. The van der Waals surface area contributed by atoms with E-state index in [9.17, 15) is 4.39 Å². The molecule has 0 bridgehead atoms. The predicted octanol–water partition coefficient (Wildman–Crippen LogP) is 2.78. The van der Waals surface area contributed by atoms with Crippen molar-refractivity contribution in [1.82, 2.24) is 5.43 Å². The lowest BCUT2D eigenvalue weighted by Crippen LogP contribution is -2.29. The van der Waals surface area contributed by atoms with Gasteiger partial charge in [0.2, 0.25) is 0 Å². The fourth-order valence-electron chi connectivity index (χ4n) is 1.76. The van der Waals surface area contributed by atoms with E-state index in [4.69, 9.17) is 17.4 Å². The monoisotopic (exact) mass is 228 g/mol. The predicted molar refractivity (Wildman–Crippen MR) is 58.8 cm³/mol. The van der Waals surface area contributed by atoms with Crippen molar-refractivity contribution in [2.45, 2.75) is 25.3 Å². The number of hydrogen-bond donors (Lipinski definition) is 2. The summed E-state index contributed by atoms with van der Waals surface area (Å²) in [4.78, 5) is 0. The zero-order chi connectivity index (χ0) is 10.8. The third kappa shape index (κ3) is 2.68. The summed E-state index contributed by atoms with van der Waals surface area (Å²) in [5.41, 5.74) is 3.27. The highest BCUT2D eigenvalue weighted by Gasteiger charge is 2.26. The topological polar surface area (TPSA) is 38.0 Å². The van der Waals surface area contributed by atoms with E-state index in [0.29, 0.717) is 16.5 Å². The van der Waals surface area contributed by atoms with Gasteiger partial charge in [-0.25, -0.2) is 4.39 Å². The molecule has 82 valence electrons. The fraction of sp³-hybridized carbons (Fsp3) is 0.455. The zero-order valence-corrected chi connectivity index (χ0v) is 9.10. The van der Waals surface area contributed by atoms with Crippen molar-refractivity contribution in [3.63, 3.8) is 0 Å². The Balaban J connectivity index is 2.16. The van der Waals surface area contributed by atoms with Gasteiger partial charge in [-0.3, -0.25) is 11.3 Å². The van der Waals surface area contributed by atoms with E-state index in [1.54, 1.807) is 12.1 Å². The average molecular weight is 229 g/mol. The summed E-state index contributed by atoms with van der Waals surface area (Å²) >= 11 is 5.69. The molecule has 0 aliphatic heterocycles. The van der Waals surface area contributed by atoms with Gasteiger partial charge in [0.05, 0.1) is 0 Å². The van der Waals surface area contributed by atoms with Gasteiger partial charge in [-0.05, 0) is 24.5 Å². The Morgan fingerprint density at radius 1 is 1.53 bits per heavy atom. The van der Waals surface area contributed by atoms with E-state index in [1.807, 2.05) is 0 Å². The molecule has 4 heteroatoms. The van der Waals surface area contributed by atoms with Crippen LogP contribution in [0, 0.1) is 11.7 Å². The first kappa shape index (κ1) is 10.9. The smallest absolute Gasteiger partial charge is 0.129 e. The van der Waals surface area contributed by atoms with Gasteiger partial charge >= 0.3 is 0 Å². The van der Waals surface area contributed by atoms with Crippen LogP contribution < -0.4 is 11.3 Å². The molecule has 0 heterocycles. The lowest BCUT2D eigenvalue weighted by Gasteiger charge is -2.16. The molecule has 2 nitrogen and oxygen atoms in total. The molecule has 2 rings (SSSR count). The van der Waals surface area contributed by atoms with Crippen molar-refractivity contribution in [1.29, 1.82) is 0 Å². The van der Waals surface area contributed by atoms with Gasteiger partial charge in [0.1, 0.15) is 5.82 Å². The van der Waals surface area contributed by atoms with Crippen molar-refractivity contribution in [2.75, 3.05) is 0 Å². The lowest BCUT2D eigenvalue weighted by atomic mass is 10.0. The van der Waals surface area contributed by atoms with Crippen molar-refractivity contribution < 1.29 is 4.39 Å². The highest BCUT2D eigenvalue weighted by Crippen LogP contribution is 2.38. The van der Waals surface area contributed by atoms with E-state index >= 15 is 0 Å². The maximum Gasteiger partial charge on any atom is 0.129 e. The summed E-state index contributed by atoms with van der Waals surface area (Å²) in [7, 11) is 0. The van der Waals surface area contributed by atoms with Gasteiger partial charge in [0.15, 0.2) is 0 Å². The van der Waals surface area contributed by atoms with Crippen LogP contribution in [0.5, 0.6) is 0 Å². The standard InChI is InChI=1S/C11H14ClFN2/c12-8-3-4-9(10(13)6-8)11(15-14)5-7-1-2-7/h3-4,6-7,11,15H,1-2,5,14H2. The van der Waals surface area contributed by atoms with Crippen LogP contribution in [0.15, 0.2) is 18.2 Å². The molecule has 1 fully saturated rings. The molecule has 1 aromatic carbocycles. The molecular formula is C11H14ClFN2. The minimum Gasteiger partial charge on any atom is -0.271 e. The van der Waals surface area contributed by atoms with E-state index in [1.165, 1.54) is 18.9 Å². The highest BCUT2D eigenvalue weighted by atomic mass is 35.5. The summed E-state index contributed by atoms with van der Waals surface area (Å²) < 4.78 is 13.6. The molecular weight excluding hydrogens is 215 g/mol. The molecule has 15 heavy (non-hydrogen) atoms. The van der Waals surface area contributed by atoms with Crippen LogP contribution in [-0.4, -0.2) is 0 Å². The van der Waals surface area contributed by atoms with Crippen LogP contribution in [0.1, 0.15) is 30.9 Å². The SMILES string of the molecule is NNC(CC1CC1)c1ccc(Cl)cc1F. The normalized spacial score (nSPS) is 17.8. The first-order valence-corrected chi connectivity index (χ1v) is 5.49. The van der Waals surface area contributed by atoms with Crippen molar-refractivity contribution >= 4 is 11.6 Å². The lowest BCUT2D eigenvalue weighted by molar-refractivity contribution is 0.463. The molecule has 0 spiro atoms. The minimum atomic E-state index is -0.286. The van der Waals surface area contributed by atoms with Crippen molar-refractivity contribution in [3.05, 3.63) is 34.6 Å². The Bertz CT molecular complexity index is 352. The minimum absolute atomic E-state index is 0.102. The molecule has 0 radical (unpaired) electrons. The summed E-state index contributed by atoms with van der Waals surface area (Å²) in [6.07, 6.45) is 3.36. The van der Waals surface area contributed by atoms with Crippen LogP contribution in [0.25, 0.3) is 0 Å². The number of rotatable bonds is 4. The number of nitrogens with two attached hydrogens (primary N) is 1. The molecule has 0 aromatic heterocycles. The second kappa shape index (κ2) is 4.47. The Morgan fingerprint density at radius 3 is 2.80 bits per heavy atom. The third-order valence-electron chi connectivity index (χ3n) is 2.81.